The Hall–Kier alpha value is -0.830. The van der Waals surface area contributed by atoms with Crippen LogP contribution in [0.5, 0.6) is 5.88 Å². The summed E-state index contributed by atoms with van der Waals surface area (Å²) < 4.78 is 5.53. The summed E-state index contributed by atoms with van der Waals surface area (Å²) >= 11 is 5.65. The molecule has 15 heavy (non-hydrogen) atoms. The zero-order valence-corrected chi connectivity index (χ0v) is 10.00. The van der Waals surface area contributed by atoms with Crippen molar-refractivity contribution in [2.45, 2.75) is 32.6 Å². The van der Waals surface area contributed by atoms with Gasteiger partial charge in [0.1, 0.15) is 0 Å². The Morgan fingerprint density at radius 3 is 2.93 bits per heavy atom. The molecule has 0 aromatic carbocycles. The third-order valence-electron chi connectivity index (χ3n) is 2.10. The van der Waals surface area contributed by atoms with Crippen molar-refractivity contribution in [2.75, 3.05) is 6.61 Å². The molecule has 0 saturated heterocycles. The van der Waals surface area contributed by atoms with E-state index in [1.165, 1.54) is 12.8 Å². The van der Waals surface area contributed by atoms with Gasteiger partial charge in [-0.25, -0.2) is 4.98 Å². The largest absolute Gasteiger partial charge is 0.476 e. The molecule has 0 bridgehead atoms. The molecule has 0 radical (unpaired) electrons. The van der Waals surface area contributed by atoms with Gasteiger partial charge in [-0.3, -0.25) is 4.98 Å². The molecule has 1 atom stereocenters. The molecule has 0 N–H and O–H groups in total. The second-order valence-electron chi connectivity index (χ2n) is 3.69. The molecule has 1 heterocycles. The Kier molecular flexibility index (Phi) is 5.40. The van der Waals surface area contributed by atoms with Gasteiger partial charge in [-0.15, -0.1) is 11.6 Å². The molecule has 0 saturated carbocycles. The van der Waals surface area contributed by atoms with Gasteiger partial charge < -0.3 is 4.74 Å². The van der Waals surface area contributed by atoms with Crippen LogP contribution in [0.25, 0.3) is 0 Å². The van der Waals surface area contributed by atoms with Gasteiger partial charge in [0, 0.05) is 6.20 Å². The van der Waals surface area contributed by atoms with Gasteiger partial charge in [-0.2, -0.15) is 0 Å². The Labute approximate surface area is 95.8 Å². The van der Waals surface area contributed by atoms with Crippen molar-refractivity contribution in [3.05, 3.63) is 18.1 Å². The van der Waals surface area contributed by atoms with Gasteiger partial charge in [0.15, 0.2) is 0 Å². The molecule has 0 aliphatic carbocycles. The quantitative estimate of drug-likeness (QED) is 0.702. The molecule has 1 unspecified atom stereocenters. The summed E-state index contributed by atoms with van der Waals surface area (Å²) in [5.41, 5.74) is 0.748. The van der Waals surface area contributed by atoms with E-state index >= 15 is 0 Å². The van der Waals surface area contributed by atoms with E-state index in [4.69, 9.17) is 16.3 Å². The monoisotopic (exact) mass is 228 g/mol. The number of rotatable bonds is 6. The summed E-state index contributed by atoms with van der Waals surface area (Å²) in [6.07, 6.45) is 5.62. The molecular formula is C11H17ClN2O. The highest BCUT2D eigenvalue weighted by Gasteiger charge is 2.03. The van der Waals surface area contributed by atoms with Crippen molar-refractivity contribution in [1.29, 1.82) is 0 Å². The summed E-state index contributed by atoms with van der Waals surface area (Å²) in [6, 6.07) is 0. The SMILES string of the molecule is CCCC(C)COc1cncc(CCl)n1. The minimum atomic E-state index is 0.370. The lowest BCUT2D eigenvalue weighted by Gasteiger charge is -2.11. The van der Waals surface area contributed by atoms with E-state index in [0.717, 1.165) is 5.69 Å². The second kappa shape index (κ2) is 6.62. The molecule has 4 heteroatoms. The van der Waals surface area contributed by atoms with Crippen LogP contribution in [0.1, 0.15) is 32.4 Å². The van der Waals surface area contributed by atoms with Crippen molar-refractivity contribution in [1.82, 2.24) is 9.97 Å². The van der Waals surface area contributed by atoms with Crippen molar-refractivity contribution >= 4 is 11.6 Å². The number of halogens is 1. The van der Waals surface area contributed by atoms with Crippen LogP contribution in [0.4, 0.5) is 0 Å². The Balaban J connectivity index is 2.43. The lowest BCUT2D eigenvalue weighted by Crippen LogP contribution is -2.09. The van der Waals surface area contributed by atoms with Crippen LogP contribution in [0.2, 0.25) is 0 Å². The van der Waals surface area contributed by atoms with E-state index in [0.29, 0.717) is 24.3 Å². The molecule has 0 aliphatic rings. The average Bonchev–Trinajstić information content (AvgIpc) is 2.27. The third-order valence-corrected chi connectivity index (χ3v) is 2.37. The highest BCUT2D eigenvalue weighted by atomic mass is 35.5. The number of alkyl halides is 1. The van der Waals surface area contributed by atoms with E-state index in [1.807, 2.05) is 0 Å². The van der Waals surface area contributed by atoms with Gasteiger partial charge in [0.2, 0.25) is 5.88 Å². The van der Waals surface area contributed by atoms with Crippen molar-refractivity contribution in [2.24, 2.45) is 5.92 Å². The van der Waals surface area contributed by atoms with Crippen LogP contribution in [0.15, 0.2) is 12.4 Å². The van der Waals surface area contributed by atoms with E-state index < -0.39 is 0 Å². The third kappa shape index (κ3) is 4.47. The van der Waals surface area contributed by atoms with E-state index in [1.54, 1.807) is 12.4 Å². The zero-order valence-electron chi connectivity index (χ0n) is 9.24. The fourth-order valence-electron chi connectivity index (χ4n) is 1.32. The molecule has 1 rings (SSSR count). The first kappa shape index (κ1) is 12.2. The van der Waals surface area contributed by atoms with Crippen LogP contribution >= 0.6 is 11.6 Å². The van der Waals surface area contributed by atoms with Crippen LogP contribution in [-0.4, -0.2) is 16.6 Å². The maximum Gasteiger partial charge on any atom is 0.232 e. The average molecular weight is 229 g/mol. The summed E-state index contributed by atoms with van der Waals surface area (Å²) in [7, 11) is 0. The zero-order chi connectivity index (χ0) is 11.1. The van der Waals surface area contributed by atoms with Gasteiger partial charge in [0.25, 0.3) is 0 Å². The molecule has 1 aromatic rings. The number of aromatic nitrogens is 2. The smallest absolute Gasteiger partial charge is 0.232 e. The fourth-order valence-corrected chi connectivity index (χ4v) is 1.45. The maximum atomic E-state index is 5.65. The molecule has 0 fully saturated rings. The molecule has 0 amide bonds. The van der Waals surface area contributed by atoms with E-state index in [-0.39, 0.29) is 0 Å². The summed E-state index contributed by atoms with van der Waals surface area (Å²) in [5.74, 6) is 1.49. The second-order valence-corrected chi connectivity index (χ2v) is 3.95. The lowest BCUT2D eigenvalue weighted by atomic mass is 10.1. The lowest BCUT2D eigenvalue weighted by molar-refractivity contribution is 0.241. The summed E-state index contributed by atoms with van der Waals surface area (Å²) in [6.45, 7) is 5.03. The maximum absolute atomic E-state index is 5.65. The molecule has 1 aromatic heterocycles. The molecule has 0 spiro atoms. The van der Waals surface area contributed by atoms with Gasteiger partial charge in [-0.1, -0.05) is 20.3 Å². The van der Waals surface area contributed by atoms with Crippen LogP contribution < -0.4 is 4.74 Å². The number of ether oxygens (including phenoxy) is 1. The Morgan fingerprint density at radius 1 is 1.47 bits per heavy atom. The molecule has 84 valence electrons. The minimum absolute atomic E-state index is 0.370. The topological polar surface area (TPSA) is 35.0 Å². The van der Waals surface area contributed by atoms with Crippen molar-refractivity contribution in [3.63, 3.8) is 0 Å². The molecule has 3 nitrogen and oxygen atoms in total. The number of hydrogen-bond donors (Lipinski definition) is 0. The summed E-state index contributed by atoms with van der Waals surface area (Å²) in [5, 5.41) is 0. The number of hydrogen-bond acceptors (Lipinski definition) is 3. The van der Waals surface area contributed by atoms with Crippen molar-refractivity contribution in [3.8, 4) is 5.88 Å². The Bertz CT molecular complexity index is 294. The summed E-state index contributed by atoms with van der Waals surface area (Å²) in [4.78, 5) is 8.21. The first-order chi connectivity index (χ1) is 7.26. The van der Waals surface area contributed by atoms with Crippen LogP contribution in [-0.2, 0) is 5.88 Å². The van der Waals surface area contributed by atoms with Crippen LogP contribution in [0.3, 0.4) is 0 Å². The van der Waals surface area contributed by atoms with Crippen LogP contribution in [0, 0.1) is 5.92 Å². The number of nitrogens with zero attached hydrogens (tertiary/aromatic N) is 2. The van der Waals surface area contributed by atoms with E-state index in [2.05, 4.69) is 23.8 Å². The van der Waals surface area contributed by atoms with Crippen molar-refractivity contribution < 1.29 is 4.74 Å². The normalized spacial score (nSPS) is 12.5. The highest BCUT2D eigenvalue weighted by molar-refractivity contribution is 6.16. The molecule has 0 aliphatic heterocycles. The predicted molar refractivity (Wildman–Crippen MR) is 61.2 cm³/mol. The van der Waals surface area contributed by atoms with Gasteiger partial charge >= 0.3 is 0 Å². The predicted octanol–water partition coefficient (Wildman–Crippen LogP) is 3.03. The standard InChI is InChI=1S/C11H17ClN2O/c1-3-4-9(2)8-15-11-7-13-6-10(5-12)14-11/h6-7,9H,3-5,8H2,1-2H3. The first-order valence-corrected chi connectivity index (χ1v) is 5.79. The van der Waals surface area contributed by atoms with Gasteiger partial charge in [0.05, 0.1) is 24.4 Å². The fraction of sp³-hybridized carbons (Fsp3) is 0.636. The first-order valence-electron chi connectivity index (χ1n) is 5.26. The Morgan fingerprint density at radius 2 is 2.27 bits per heavy atom. The van der Waals surface area contributed by atoms with E-state index in [9.17, 15) is 0 Å². The minimum Gasteiger partial charge on any atom is -0.476 e. The van der Waals surface area contributed by atoms with Gasteiger partial charge in [-0.05, 0) is 12.3 Å². The molecular weight excluding hydrogens is 212 g/mol. The highest BCUT2D eigenvalue weighted by Crippen LogP contribution is 2.10.